The Kier molecular flexibility index (Phi) is 5.73. The Bertz CT molecular complexity index is 431. The maximum Gasteiger partial charge on any atom is 0.271 e. The van der Waals surface area contributed by atoms with Crippen LogP contribution in [0.25, 0.3) is 0 Å². The van der Waals surface area contributed by atoms with Crippen molar-refractivity contribution < 1.29 is 4.79 Å². The van der Waals surface area contributed by atoms with Gasteiger partial charge < -0.3 is 15.5 Å². The number of carbonyl (C=O) groups excluding carboxylic acids is 1. The molecule has 1 aromatic heterocycles. The van der Waals surface area contributed by atoms with Gasteiger partial charge in [0.2, 0.25) is 0 Å². The van der Waals surface area contributed by atoms with Crippen LogP contribution in [0, 0.1) is 0 Å². The van der Waals surface area contributed by atoms with E-state index in [1.54, 1.807) is 6.20 Å². The van der Waals surface area contributed by atoms with Gasteiger partial charge in [-0.25, -0.2) is 4.98 Å². The zero-order chi connectivity index (χ0) is 14.2. The number of hydrogen-bond donors (Lipinski definition) is 2. The fourth-order valence-corrected chi connectivity index (χ4v) is 2.34. The van der Waals surface area contributed by atoms with Crippen LogP contribution in [0.15, 0.2) is 12.4 Å². The van der Waals surface area contributed by atoms with Gasteiger partial charge in [-0.05, 0) is 45.8 Å². The summed E-state index contributed by atoms with van der Waals surface area (Å²) in [6.45, 7) is 6.88. The summed E-state index contributed by atoms with van der Waals surface area (Å²) >= 11 is 0. The van der Waals surface area contributed by atoms with Crippen LogP contribution in [-0.4, -0.2) is 53.5 Å². The molecule has 6 nitrogen and oxygen atoms in total. The van der Waals surface area contributed by atoms with Crippen molar-refractivity contribution in [3.63, 3.8) is 0 Å². The van der Waals surface area contributed by atoms with E-state index < -0.39 is 0 Å². The Labute approximate surface area is 120 Å². The minimum Gasteiger partial charge on any atom is -0.369 e. The molecule has 0 aliphatic carbocycles. The minimum atomic E-state index is -0.154. The molecule has 0 unspecified atom stereocenters. The average Bonchev–Trinajstić information content (AvgIpc) is 2.97. The first-order chi connectivity index (χ1) is 9.79. The van der Waals surface area contributed by atoms with Gasteiger partial charge >= 0.3 is 0 Å². The van der Waals surface area contributed by atoms with Gasteiger partial charge in [0.05, 0.1) is 12.4 Å². The van der Waals surface area contributed by atoms with Gasteiger partial charge in [-0.3, -0.25) is 9.78 Å². The summed E-state index contributed by atoms with van der Waals surface area (Å²) in [5.41, 5.74) is 0.365. The van der Waals surface area contributed by atoms with Crippen LogP contribution in [0.4, 0.5) is 5.82 Å². The van der Waals surface area contributed by atoms with E-state index in [0.717, 1.165) is 19.5 Å². The highest BCUT2D eigenvalue weighted by Crippen LogP contribution is 2.07. The predicted octanol–water partition coefficient (Wildman–Crippen LogP) is 1.12. The molecule has 0 bridgehead atoms. The molecule has 0 saturated carbocycles. The molecule has 1 fully saturated rings. The van der Waals surface area contributed by atoms with Crippen LogP contribution >= 0.6 is 0 Å². The molecular formula is C14H23N5O. The van der Waals surface area contributed by atoms with Crippen molar-refractivity contribution in [2.45, 2.75) is 26.2 Å². The molecule has 2 heterocycles. The van der Waals surface area contributed by atoms with E-state index >= 15 is 0 Å². The number of amides is 1. The number of nitrogens with one attached hydrogen (secondary N) is 2. The zero-order valence-electron chi connectivity index (χ0n) is 12.1. The monoisotopic (exact) mass is 277 g/mol. The van der Waals surface area contributed by atoms with E-state index in [1.807, 2.05) is 6.92 Å². The van der Waals surface area contributed by atoms with E-state index in [2.05, 4.69) is 25.5 Å². The maximum absolute atomic E-state index is 11.9. The lowest BCUT2D eigenvalue weighted by molar-refractivity contribution is 0.0946. The first-order valence-corrected chi connectivity index (χ1v) is 7.36. The fourth-order valence-electron chi connectivity index (χ4n) is 2.34. The quantitative estimate of drug-likeness (QED) is 0.731. The number of likely N-dealkylation sites (tertiary alicyclic amines) is 1. The number of rotatable bonds is 7. The molecule has 0 radical (unpaired) electrons. The second-order valence-corrected chi connectivity index (χ2v) is 4.98. The molecule has 0 spiro atoms. The predicted molar refractivity (Wildman–Crippen MR) is 78.8 cm³/mol. The lowest BCUT2D eigenvalue weighted by Crippen LogP contribution is -2.29. The second-order valence-electron chi connectivity index (χ2n) is 4.98. The fraction of sp³-hybridized carbons (Fsp3) is 0.643. The molecule has 1 amide bonds. The molecule has 0 atom stereocenters. The molecule has 2 N–H and O–H groups in total. The van der Waals surface area contributed by atoms with Crippen molar-refractivity contribution in [3.05, 3.63) is 18.1 Å². The minimum absolute atomic E-state index is 0.154. The van der Waals surface area contributed by atoms with Crippen LogP contribution in [0.5, 0.6) is 0 Å². The zero-order valence-corrected chi connectivity index (χ0v) is 12.1. The van der Waals surface area contributed by atoms with Gasteiger partial charge in [0.15, 0.2) is 0 Å². The standard InChI is InChI=1S/C14H23N5O/c1-2-16-13-11-15-10-12(18-13)14(20)17-6-5-9-19-7-3-4-8-19/h10-11H,2-9H2,1H3,(H,16,18)(H,17,20). The van der Waals surface area contributed by atoms with Crippen LogP contribution in [0.3, 0.4) is 0 Å². The largest absolute Gasteiger partial charge is 0.369 e. The van der Waals surface area contributed by atoms with Gasteiger partial charge in [0.1, 0.15) is 11.5 Å². The van der Waals surface area contributed by atoms with Gasteiger partial charge in [-0.1, -0.05) is 0 Å². The van der Waals surface area contributed by atoms with Gasteiger partial charge in [-0.2, -0.15) is 0 Å². The Morgan fingerprint density at radius 1 is 1.35 bits per heavy atom. The molecule has 110 valence electrons. The summed E-state index contributed by atoms with van der Waals surface area (Å²) in [5, 5.41) is 5.94. The molecular weight excluding hydrogens is 254 g/mol. The van der Waals surface area contributed by atoms with Gasteiger partial charge in [0, 0.05) is 13.1 Å². The van der Waals surface area contributed by atoms with E-state index in [-0.39, 0.29) is 5.91 Å². The average molecular weight is 277 g/mol. The van der Waals surface area contributed by atoms with E-state index in [0.29, 0.717) is 18.1 Å². The molecule has 1 saturated heterocycles. The SMILES string of the molecule is CCNc1cncc(C(=O)NCCCN2CCCC2)n1. The molecule has 1 aromatic rings. The smallest absolute Gasteiger partial charge is 0.271 e. The molecule has 20 heavy (non-hydrogen) atoms. The van der Waals surface area contributed by atoms with E-state index in [9.17, 15) is 4.79 Å². The lowest BCUT2D eigenvalue weighted by Gasteiger charge is -2.14. The highest BCUT2D eigenvalue weighted by atomic mass is 16.1. The maximum atomic E-state index is 11.9. The molecule has 1 aliphatic heterocycles. The van der Waals surface area contributed by atoms with E-state index in [1.165, 1.54) is 32.1 Å². The third-order valence-electron chi connectivity index (χ3n) is 3.36. The second kappa shape index (κ2) is 7.79. The summed E-state index contributed by atoms with van der Waals surface area (Å²) in [6, 6.07) is 0. The Morgan fingerprint density at radius 3 is 2.90 bits per heavy atom. The summed E-state index contributed by atoms with van der Waals surface area (Å²) in [6.07, 6.45) is 6.70. The number of anilines is 1. The first-order valence-electron chi connectivity index (χ1n) is 7.36. The van der Waals surface area contributed by atoms with Crippen molar-refractivity contribution >= 4 is 11.7 Å². The van der Waals surface area contributed by atoms with Crippen molar-refractivity contribution in [2.24, 2.45) is 0 Å². The van der Waals surface area contributed by atoms with Crippen molar-refractivity contribution in [1.82, 2.24) is 20.2 Å². The third-order valence-corrected chi connectivity index (χ3v) is 3.36. The molecule has 0 aromatic carbocycles. The van der Waals surface area contributed by atoms with Gasteiger partial charge in [0.25, 0.3) is 5.91 Å². The summed E-state index contributed by atoms with van der Waals surface area (Å²) in [5.74, 6) is 0.482. The van der Waals surface area contributed by atoms with Crippen molar-refractivity contribution in [3.8, 4) is 0 Å². The summed E-state index contributed by atoms with van der Waals surface area (Å²) < 4.78 is 0. The highest BCUT2D eigenvalue weighted by Gasteiger charge is 2.11. The van der Waals surface area contributed by atoms with Gasteiger partial charge in [-0.15, -0.1) is 0 Å². The number of hydrogen-bond acceptors (Lipinski definition) is 5. The number of nitrogens with zero attached hydrogens (tertiary/aromatic N) is 3. The Morgan fingerprint density at radius 2 is 2.15 bits per heavy atom. The molecule has 6 heteroatoms. The van der Waals surface area contributed by atoms with Crippen LogP contribution in [0.2, 0.25) is 0 Å². The van der Waals surface area contributed by atoms with Crippen LogP contribution in [0.1, 0.15) is 36.7 Å². The molecule has 1 aliphatic rings. The van der Waals surface area contributed by atoms with E-state index in [4.69, 9.17) is 0 Å². The third kappa shape index (κ3) is 4.45. The normalized spacial score (nSPS) is 15.2. The Balaban J connectivity index is 1.72. The number of aromatic nitrogens is 2. The first kappa shape index (κ1) is 14.7. The number of carbonyl (C=O) groups is 1. The van der Waals surface area contributed by atoms with Crippen molar-refractivity contribution in [2.75, 3.05) is 38.0 Å². The van der Waals surface area contributed by atoms with Crippen molar-refractivity contribution in [1.29, 1.82) is 0 Å². The lowest BCUT2D eigenvalue weighted by atomic mass is 10.3. The summed E-state index contributed by atoms with van der Waals surface area (Å²) in [7, 11) is 0. The topological polar surface area (TPSA) is 70.2 Å². The molecule has 2 rings (SSSR count). The van der Waals surface area contributed by atoms with Crippen LogP contribution in [-0.2, 0) is 0 Å². The summed E-state index contributed by atoms with van der Waals surface area (Å²) in [4.78, 5) is 22.6. The Hall–Kier alpha value is -1.69. The van der Waals surface area contributed by atoms with Crippen LogP contribution < -0.4 is 10.6 Å². The highest BCUT2D eigenvalue weighted by molar-refractivity contribution is 5.92.